The van der Waals surface area contributed by atoms with Gasteiger partial charge in [0.05, 0.1) is 0 Å². The third-order valence-corrected chi connectivity index (χ3v) is 6.92. The summed E-state index contributed by atoms with van der Waals surface area (Å²) in [5.41, 5.74) is 2.68. The van der Waals surface area contributed by atoms with Crippen molar-refractivity contribution in [2.75, 3.05) is 0 Å². The lowest BCUT2D eigenvalue weighted by Gasteiger charge is -2.28. The van der Waals surface area contributed by atoms with Gasteiger partial charge in [-0.2, -0.15) is 0 Å². The highest BCUT2D eigenvalue weighted by atomic mass is 14.3. The number of hydrogen-bond donors (Lipinski definition) is 0. The molecule has 0 spiro atoms. The Kier molecular flexibility index (Phi) is 8.07. The van der Waals surface area contributed by atoms with Crippen molar-refractivity contribution in [1.82, 2.24) is 0 Å². The highest BCUT2D eigenvalue weighted by molar-refractivity contribution is 5.39. The van der Waals surface area contributed by atoms with E-state index in [1.165, 1.54) is 76.2 Å². The van der Waals surface area contributed by atoms with E-state index in [4.69, 9.17) is 0 Å². The van der Waals surface area contributed by atoms with Crippen molar-refractivity contribution in [3.8, 4) is 11.8 Å². The molecule has 27 heavy (non-hydrogen) atoms. The Morgan fingerprint density at radius 3 is 2.30 bits per heavy atom. The molecule has 0 bridgehead atoms. The second-order valence-electron chi connectivity index (χ2n) is 9.13. The van der Waals surface area contributed by atoms with E-state index >= 15 is 0 Å². The summed E-state index contributed by atoms with van der Waals surface area (Å²) in [6.07, 6.45) is 19.7. The second kappa shape index (κ2) is 10.8. The molecule has 3 rings (SSSR count). The van der Waals surface area contributed by atoms with Crippen molar-refractivity contribution in [2.24, 2.45) is 17.8 Å². The summed E-state index contributed by atoms with van der Waals surface area (Å²) in [4.78, 5) is 0. The van der Waals surface area contributed by atoms with E-state index in [-0.39, 0.29) is 0 Å². The van der Waals surface area contributed by atoms with Gasteiger partial charge in [0.2, 0.25) is 0 Å². The zero-order valence-electron chi connectivity index (χ0n) is 17.6. The summed E-state index contributed by atoms with van der Waals surface area (Å²) in [6, 6.07) is 9.10. The molecule has 0 saturated heterocycles. The van der Waals surface area contributed by atoms with Crippen LogP contribution in [-0.4, -0.2) is 0 Å². The maximum Gasteiger partial charge on any atom is 0.0249 e. The molecule has 146 valence electrons. The van der Waals surface area contributed by atoms with Crippen LogP contribution in [-0.2, 0) is 0 Å². The molecule has 0 amide bonds. The van der Waals surface area contributed by atoms with Gasteiger partial charge in [0.25, 0.3) is 0 Å². The van der Waals surface area contributed by atoms with Crippen LogP contribution >= 0.6 is 0 Å². The maximum atomic E-state index is 3.32. The fraction of sp³-hybridized carbons (Fsp3) is 0.630. The minimum atomic E-state index is 0.755. The van der Waals surface area contributed by atoms with Gasteiger partial charge >= 0.3 is 0 Å². The molecule has 1 aromatic carbocycles. The van der Waals surface area contributed by atoms with Crippen molar-refractivity contribution in [3.63, 3.8) is 0 Å². The molecule has 0 radical (unpaired) electrons. The zero-order chi connectivity index (χ0) is 18.9. The summed E-state index contributed by atoms with van der Waals surface area (Å²) >= 11 is 0. The third kappa shape index (κ3) is 6.57. The van der Waals surface area contributed by atoms with Crippen LogP contribution in [0.25, 0.3) is 0 Å². The van der Waals surface area contributed by atoms with Gasteiger partial charge in [0.15, 0.2) is 0 Å². The molecule has 0 N–H and O–H groups in total. The first-order valence-corrected chi connectivity index (χ1v) is 11.5. The molecule has 2 saturated carbocycles. The van der Waals surface area contributed by atoms with Crippen LogP contribution in [0.4, 0.5) is 0 Å². The quantitative estimate of drug-likeness (QED) is 0.467. The zero-order valence-corrected chi connectivity index (χ0v) is 17.6. The molecular formula is C27H38. The molecule has 0 aromatic heterocycles. The summed E-state index contributed by atoms with van der Waals surface area (Å²) in [5, 5.41) is 0. The summed E-state index contributed by atoms with van der Waals surface area (Å²) in [7, 11) is 0. The Morgan fingerprint density at radius 1 is 0.926 bits per heavy atom. The number of allylic oxidation sites excluding steroid dienone is 2. The van der Waals surface area contributed by atoms with Gasteiger partial charge in [-0.1, -0.05) is 76.0 Å². The van der Waals surface area contributed by atoms with E-state index in [0.29, 0.717) is 0 Å². The van der Waals surface area contributed by atoms with Gasteiger partial charge in [0.1, 0.15) is 0 Å². The molecule has 1 aromatic rings. The molecular weight excluding hydrogens is 324 g/mol. The highest BCUT2D eigenvalue weighted by Gasteiger charge is 2.21. The Bertz CT molecular complexity index is 623. The normalized spacial score (nSPS) is 28.7. The van der Waals surface area contributed by atoms with Crippen molar-refractivity contribution in [3.05, 3.63) is 47.5 Å². The lowest BCUT2D eigenvalue weighted by molar-refractivity contribution is 0.304. The number of hydrogen-bond acceptors (Lipinski definition) is 0. The van der Waals surface area contributed by atoms with E-state index < -0.39 is 0 Å². The summed E-state index contributed by atoms with van der Waals surface area (Å²) in [6.45, 7) is 4.68. The predicted molar refractivity (Wildman–Crippen MR) is 118 cm³/mol. The van der Waals surface area contributed by atoms with Crippen LogP contribution in [0.1, 0.15) is 102 Å². The molecule has 2 aliphatic rings. The van der Waals surface area contributed by atoms with Crippen molar-refractivity contribution >= 4 is 0 Å². The Hall–Kier alpha value is -1.48. The number of unbranched alkanes of at least 4 members (excludes halogenated alkanes) is 1. The van der Waals surface area contributed by atoms with E-state index in [1.54, 1.807) is 0 Å². The molecule has 2 aliphatic carbocycles. The smallest absolute Gasteiger partial charge is 0.0249 e. The van der Waals surface area contributed by atoms with Crippen LogP contribution in [0.5, 0.6) is 0 Å². The van der Waals surface area contributed by atoms with Crippen molar-refractivity contribution in [1.29, 1.82) is 0 Å². The van der Waals surface area contributed by atoms with Crippen LogP contribution in [0, 0.1) is 29.6 Å². The van der Waals surface area contributed by atoms with Gasteiger partial charge in [-0.15, -0.1) is 0 Å². The first-order valence-electron chi connectivity index (χ1n) is 11.5. The monoisotopic (exact) mass is 362 g/mol. The molecule has 0 heterocycles. The second-order valence-corrected chi connectivity index (χ2v) is 9.13. The average molecular weight is 363 g/mol. The Balaban J connectivity index is 1.45. The van der Waals surface area contributed by atoms with E-state index in [9.17, 15) is 0 Å². The van der Waals surface area contributed by atoms with E-state index in [0.717, 1.165) is 29.2 Å². The van der Waals surface area contributed by atoms with Crippen molar-refractivity contribution in [2.45, 2.75) is 90.4 Å². The summed E-state index contributed by atoms with van der Waals surface area (Å²) < 4.78 is 0. The summed E-state index contributed by atoms with van der Waals surface area (Å²) in [5.74, 6) is 10.0. The Morgan fingerprint density at radius 2 is 1.63 bits per heavy atom. The van der Waals surface area contributed by atoms with E-state index in [2.05, 4.69) is 62.1 Å². The molecule has 0 aliphatic heterocycles. The van der Waals surface area contributed by atoms with Crippen LogP contribution in [0.15, 0.2) is 36.4 Å². The molecule has 0 unspecified atom stereocenters. The lowest BCUT2D eigenvalue weighted by atomic mass is 9.77. The minimum Gasteiger partial charge on any atom is -0.0730 e. The Labute approximate surface area is 167 Å². The van der Waals surface area contributed by atoms with E-state index in [1.807, 2.05) is 0 Å². The predicted octanol–water partition coefficient (Wildman–Crippen LogP) is 7.88. The van der Waals surface area contributed by atoms with Gasteiger partial charge in [0, 0.05) is 5.56 Å². The first-order chi connectivity index (χ1) is 13.2. The number of rotatable bonds is 5. The molecule has 0 heteroatoms. The minimum absolute atomic E-state index is 0.755. The van der Waals surface area contributed by atoms with Gasteiger partial charge < -0.3 is 0 Å². The van der Waals surface area contributed by atoms with Crippen LogP contribution < -0.4 is 0 Å². The molecule has 2 fully saturated rings. The standard InChI is InChI=1S/C27H38/c1-3-4-7-23-14-18-26(19-15-23)27-20-16-25(17-21-27)9-6-5-8-24-12-10-22(2)11-13-24/h5,8,16-17,20-24,26H,3-4,7,10-15,18-19H2,1-2H3/t22-,23-,24-,26-. The first kappa shape index (κ1) is 20.3. The SMILES string of the molecule is CCCC[C@H]1CC[C@H](c2ccc(C#CC=C[C@H]3CC[C@H](C)CC3)cc2)CC1. The van der Waals surface area contributed by atoms with Gasteiger partial charge in [-0.05, 0) is 86.0 Å². The molecule has 0 nitrogen and oxygen atoms in total. The van der Waals surface area contributed by atoms with Crippen molar-refractivity contribution < 1.29 is 0 Å². The fourth-order valence-corrected chi connectivity index (χ4v) is 4.90. The average Bonchev–Trinajstić information content (AvgIpc) is 2.72. The van der Waals surface area contributed by atoms with Gasteiger partial charge in [-0.25, -0.2) is 0 Å². The topological polar surface area (TPSA) is 0 Å². The third-order valence-electron chi connectivity index (χ3n) is 6.92. The highest BCUT2D eigenvalue weighted by Crippen LogP contribution is 2.37. The lowest BCUT2D eigenvalue weighted by Crippen LogP contribution is -2.13. The largest absolute Gasteiger partial charge is 0.0730 e. The number of benzene rings is 1. The maximum absolute atomic E-state index is 3.32. The fourth-order valence-electron chi connectivity index (χ4n) is 4.90. The van der Waals surface area contributed by atoms with Crippen LogP contribution in [0.3, 0.4) is 0 Å². The van der Waals surface area contributed by atoms with Gasteiger partial charge in [-0.3, -0.25) is 0 Å². The molecule has 0 atom stereocenters. The van der Waals surface area contributed by atoms with Crippen LogP contribution in [0.2, 0.25) is 0 Å².